The fraction of sp³-hybridized carbons (Fsp3) is 0.364. The van der Waals surface area contributed by atoms with Gasteiger partial charge in [0.2, 0.25) is 0 Å². The number of hydrogen-bond donors (Lipinski definition) is 0. The van der Waals surface area contributed by atoms with Crippen LogP contribution in [-0.4, -0.2) is 59.8 Å². The highest BCUT2D eigenvalue weighted by Crippen LogP contribution is 2.40. The summed E-state index contributed by atoms with van der Waals surface area (Å²) in [6.45, 7) is 0.602. The van der Waals surface area contributed by atoms with Crippen molar-refractivity contribution in [3.05, 3.63) is 47.5 Å². The number of carbonyl (C=O) groups is 1. The van der Waals surface area contributed by atoms with E-state index in [1.54, 1.807) is 25.3 Å². The Morgan fingerprint density at radius 3 is 2.53 bits per heavy atom. The lowest BCUT2D eigenvalue weighted by Gasteiger charge is -2.22. The summed E-state index contributed by atoms with van der Waals surface area (Å²) in [6, 6.07) is 2.82. The zero-order valence-corrected chi connectivity index (χ0v) is 18.9. The van der Waals surface area contributed by atoms with E-state index in [0.717, 1.165) is 4.68 Å². The van der Waals surface area contributed by atoms with Crippen LogP contribution in [0.3, 0.4) is 0 Å². The average Bonchev–Trinajstić information content (AvgIpc) is 3.34. The highest BCUT2D eigenvalue weighted by Gasteiger charge is 2.41. The molecule has 12 heteroatoms. The molecule has 180 valence electrons. The Morgan fingerprint density at radius 2 is 1.88 bits per heavy atom. The Bertz CT molecular complexity index is 1230. The van der Waals surface area contributed by atoms with Crippen LogP contribution in [0.4, 0.5) is 18.9 Å². The van der Waals surface area contributed by atoms with E-state index in [1.165, 1.54) is 38.6 Å². The van der Waals surface area contributed by atoms with Crippen molar-refractivity contribution in [2.75, 3.05) is 32.8 Å². The second-order valence-electron chi connectivity index (χ2n) is 7.68. The average molecular weight is 477 g/mol. The molecule has 1 aliphatic heterocycles. The van der Waals surface area contributed by atoms with E-state index in [1.807, 2.05) is 0 Å². The molecule has 0 spiro atoms. The van der Waals surface area contributed by atoms with Gasteiger partial charge in [-0.2, -0.15) is 18.3 Å². The smallest absolute Gasteiger partial charge is 0.408 e. The third kappa shape index (κ3) is 4.28. The first-order valence-corrected chi connectivity index (χ1v) is 10.2. The first-order chi connectivity index (χ1) is 16.2. The van der Waals surface area contributed by atoms with Gasteiger partial charge in [-0.25, -0.2) is 9.97 Å². The summed E-state index contributed by atoms with van der Waals surface area (Å²) >= 11 is 0. The molecule has 1 aliphatic rings. The fourth-order valence-electron chi connectivity index (χ4n) is 3.98. The van der Waals surface area contributed by atoms with Crippen molar-refractivity contribution in [2.45, 2.75) is 25.7 Å². The van der Waals surface area contributed by atoms with Gasteiger partial charge >= 0.3 is 6.18 Å². The number of methoxy groups -OCH3 is 3. The van der Waals surface area contributed by atoms with Gasteiger partial charge in [0.05, 0.1) is 49.7 Å². The summed E-state index contributed by atoms with van der Waals surface area (Å²) in [4.78, 5) is 23.7. The summed E-state index contributed by atoms with van der Waals surface area (Å²) in [7, 11) is 4.45. The van der Waals surface area contributed by atoms with E-state index in [-0.39, 0.29) is 18.2 Å². The number of carbonyl (C=O) groups excluding carboxylic acids is 1. The number of rotatable bonds is 7. The summed E-state index contributed by atoms with van der Waals surface area (Å²) in [5.74, 6) is 0.354. The molecule has 0 aliphatic carbocycles. The number of halogens is 3. The Hall–Kier alpha value is -3.67. The molecule has 4 rings (SSSR count). The van der Waals surface area contributed by atoms with Crippen molar-refractivity contribution >= 4 is 11.6 Å². The first-order valence-electron chi connectivity index (χ1n) is 10.2. The largest absolute Gasteiger partial charge is 0.491 e. The Labute approximate surface area is 193 Å². The molecular formula is C22H22F3N5O4. The predicted molar refractivity (Wildman–Crippen MR) is 115 cm³/mol. The topological polar surface area (TPSA) is 91.6 Å². The van der Waals surface area contributed by atoms with Crippen LogP contribution in [0.2, 0.25) is 0 Å². The summed E-state index contributed by atoms with van der Waals surface area (Å²) in [5, 5.41) is 3.77. The molecule has 3 aromatic rings. The molecule has 3 aromatic heterocycles. The van der Waals surface area contributed by atoms with Gasteiger partial charge < -0.3 is 14.2 Å². The van der Waals surface area contributed by atoms with Crippen molar-refractivity contribution in [1.82, 2.24) is 19.7 Å². The van der Waals surface area contributed by atoms with Gasteiger partial charge in [0, 0.05) is 25.1 Å². The van der Waals surface area contributed by atoms with E-state index in [4.69, 9.17) is 19.2 Å². The monoisotopic (exact) mass is 477 g/mol. The molecule has 0 saturated carbocycles. The highest BCUT2D eigenvalue weighted by atomic mass is 19.4. The fourth-order valence-corrected chi connectivity index (χ4v) is 3.98. The Morgan fingerprint density at radius 1 is 1.12 bits per heavy atom. The molecular weight excluding hydrogens is 455 g/mol. The number of aromatic nitrogens is 4. The van der Waals surface area contributed by atoms with Crippen LogP contribution in [0.25, 0.3) is 11.3 Å². The molecule has 4 heterocycles. The maximum atomic E-state index is 13.4. The van der Waals surface area contributed by atoms with Gasteiger partial charge in [-0.3, -0.25) is 14.4 Å². The normalized spacial score (nSPS) is 15.6. The van der Waals surface area contributed by atoms with E-state index in [9.17, 15) is 18.0 Å². The van der Waals surface area contributed by atoms with Crippen molar-refractivity contribution in [3.63, 3.8) is 0 Å². The lowest BCUT2D eigenvalue weighted by atomic mass is 10.0. The van der Waals surface area contributed by atoms with Crippen LogP contribution in [0.15, 0.2) is 30.7 Å². The lowest BCUT2D eigenvalue weighted by Crippen LogP contribution is -2.30. The quantitative estimate of drug-likeness (QED) is 0.514. The van der Waals surface area contributed by atoms with Gasteiger partial charge in [-0.15, -0.1) is 0 Å². The lowest BCUT2D eigenvalue weighted by molar-refractivity contribution is -0.142. The molecule has 0 saturated heterocycles. The van der Waals surface area contributed by atoms with E-state index in [2.05, 4.69) is 10.1 Å². The minimum Gasteiger partial charge on any atom is -0.491 e. The number of ether oxygens (including phenoxy) is 3. The number of pyridine rings is 2. The molecule has 34 heavy (non-hydrogen) atoms. The number of fused-ring (bicyclic) bond motifs is 1. The predicted octanol–water partition coefficient (Wildman–Crippen LogP) is 3.58. The molecule has 0 radical (unpaired) electrons. The van der Waals surface area contributed by atoms with Crippen molar-refractivity contribution in [2.24, 2.45) is 0 Å². The Balaban J connectivity index is 1.77. The zero-order chi connectivity index (χ0) is 24.6. The van der Waals surface area contributed by atoms with Crippen molar-refractivity contribution in [1.29, 1.82) is 0 Å². The molecule has 1 amide bonds. The molecule has 1 atom stereocenters. The number of hydrogen-bond acceptors (Lipinski definition) is 7. The van der Waals surface area contributed by atoms with Gasteiger partial charge in [-0.1, -0.05) is 0 Å². The molecule has 0 fully saturated rings. The summed E-state index contributed by atoms with van der Waals surface area (Å²) in [6.07, 6.45) is -0.439. The van der Waals surface area contributed by atoms with E-state index < -0.39 is 18.8 Å². The van der Waals surface area contributed by atoms with Gasteiger partial charge in [0.25, 0.3) is 11.8 Å². The Kier molecular flexibility index (Phi) is 6.17. The number of nitrogens with zero attached hydrogens (tertiary/aromatic N) is 5. The highest BCUT2D eigenvalue weighted by molar-refractivity contribution is 6.11. The minimum atomic E-state index is -4.44. The maximum Gasteiger partial charge on any atom is 0.408 e. The number of alkyl halides is 3. The van der Waals surface area contributed by atoms with Crippen molar-refractivity contribution in [3.8, 4) is 22.9 Å². The van der Waals surface area contributed by atoms with Crippen LogP contribution >= 0.6 is 0 Å². The van der Waals surface area contributed by atoms with Crippen LogP contribution in [-0.2, 0) is 11.3 Å². The number of aryl methyl sites for hydroxylation is 1. The van der Waals surface area contributed by atoms with Gasteiger partial charge in [0.1, 0.15) is 12.6 Å². The SMILES string of the molecule is COC[C@H]1c2nc(-c3cnc(OC)c(OC)c3)cc(C)c2C(=O)N1c1cnn(CC(F)(F)F)c1. The minimum absolute atomic E-state index is 0.0866. The van der Waals surface area contributed by atoms with Crippen molar-refractivity contribution < 1.29 is 32.2 Å². The maximum absolute atomic E-state index is 13.4. The summed E-state index contributed by atoms with van der Waals surface area (Å²) < 4.78 is 54.9. The molecule has 0 unspecified atom stereocenters. The van der Waals surface area contributed by atoms with Crippen LogP contribution < -0.4 is 14.4 Å². The third-order valence-electron chi connectivity index (χ3n) is 5.40. The third-order valence-corrected chi connectivity index (χ3v) is 5.40. The second kappa shape index (κ2) is 8.93. The van der Waals surface area contributed by atoms with Crippen LogP contribution in [0.1, 0.15) is 27.7 Å². The molecule has 0 N–H and O–H groups in total. The number of amides is 1. The number of anilines is 1. The summed E-state index contributed by atoms with van der Waals surface area (Å²) in [5.41, 5.74) is 2.91. The standard InChI is InChI=1S/C22H22F3N5O4/c1-12-5-15(13-6-17(33-3)20(34-4)26-7-13)28-19-16(10-32-2)30(21(31)18(12)19)14-8-27-29(9-14)11-22(23,24)25/h5-9,16H,10-11H2,1-4H3/t16-/m0/s1. The van der Waals surface area contributed by atoms with Crippen LogP contribution in [0, 0.1) is 6.92 Å². The van der Waals surface area contributed by atoms with E-state index >= 15 is 0 Å². The molecule has 0 aromatic carbocycles. The zero-order valence-electron chi connectivity index (χ0n) is 18.9. The molecule has 9 nitrogen and oxygen atoms in total. The first kappa shape index (κ1) is 23.5. The molecule has 0 bridgehead atoms. The van der Waals surface area contributed by atoms with Gasteiger partial charge in [0.15, 0.2) is 5.75 Å². The van der Waals surface area contributed by atoms with Crippen LogP contribution in [0.5, 0.6) is 11.6 Å². The van der Waals surface area contributed by atoms with E-state index in [0.29, 0.717) is 39.7 Å². The van der Waals surface area contributed by atoms with Gasteiger partial charge in [-0.05, 0) is 24.6 Å². The second-order valence-corrected chi connectivity index (χ2v) is 7.68.